The van der Waals surface area contributed by atoms with Crippen LogP contribution in [0.4, 0.5) is 0 Å². The molecule has 0 aromatic carbocycles. The first-order chi connectivity index (χ1) is 4.84. The molecule has 0 spiro atoms. The average molecular weight is 141 g/mol. The Balaban J connectivity index is 2.47. The van der Waals surface area contributed by atoms with E-state index in [2.05, 4.69) is 10.0 Å². The van der Waals surface area contributed by atoms with Crippen molar-refractivity contribution in [3.63, 3.8) is 0 Å². The van der Waals surface area contributed by atoms with Crippen LogP contribution in [0.3, 0.4) is 0 Å². The van der Waals surface area contributed by atoms with Gasteiger partial charge in [0.15, 0.2) is 0 Å². The first-order valence-corrected chi connectivity index (χ1v) is 3.05. The molecule has 1 unspecified atom stereocenters. The summed E-state index contributed by atoms with van der Waals surface area (Å²) < 4.78 is 4.95. The van der Waals surface area contributed by atoms with Crippen LogP contribution < -0.4 is 0 Å². The lowest BCUT2D eigenvalue weighted by atomic mass is 10.2. The van der Waals surface area contributed by atoms with E-state index < -0.39 is 12.0 Å². The summed E-state index contributed by atoms with van der Waals surface area (Å²) in [5.74, 6) is -0.500. The summed E-state index contributed by atoms with van der Waals surface area (Å²) in [5.41, 5.74) is 7.88. The fraction of sp³-hybridized carbons (Fsp3) is 0.800. The monoisotopic (exact) mass is 141 g/mol. The van der Waals surface area contributed by atoms with Gasteiger partial charge in [0.2, 0.25) is 5.91 Å². The Bertz CT molecular complexity index is 179. The molecule has 1 amide bonds. The number of rotatable bonds is 1. The van der Waals surface area contributed by atoms with E-state index in [0.29, 0.717) is 13.0 Å². The molecule has 1 aliphatic rings. The van der Waals surface area contributed by atoms with Gasteiger partial charge in [-0.05, 0) is 23.5 Å². The highest BCUT2D eigenvalue weighted by atomic mass is 16.5. The average Bonchev–Trinajstić information content (AvgIpc) is 2.38. The van der Waals surface area contributed by atoms with Gasteiger partial charge < -0.3 is 4.74 Å². The minimum absolute atomic E-state index is 0.476. The smallest absolute Gasteiger partial charge is 0.247 e. The van der Waals surface area contributed by atoms with Crippen molar-refractivity contribution < 1.29 is 9.53 Å². The molecule has 1 heterocycles. The molecule has 1 fully saturated rings. The predicted octanol–water partition coefficient (Wildman–Crippen LogP) is 1.00. The second-order valence-electron chi connectivity index (χ2n) is 2.03. The molecule has 0 N–H and O–H groups in total. The number of carbonyl (C=O) groups is 1. The summed E-state index contributed by atoms with van der Waals surface area (Å²) in [5, 5.41) is 2.92. The molecule has 0 aromatic heterocycles. The highest BCUT2D eigenvalue weighted by molar-refractivity contribution is 5.81. The van der Waals surface area contributed by atoms with Crippen molar-refractivity contribution in [1.29, 1.82) is 0 Å². The van der Waals surface area contributed by atoms with E-state index in [1.807, 2.05) is 0 Å². The number of hydrogen-bond acceptors (Lipinski definition) is 2. The zero-order chi connectivity index (χ0) is 7.40. The van der Waals surface area contributed by atoms with Crippen LogP contribution >= 0.6 is 0 Å². The molecule has 5 heteroatoms. The van der Waals surface area contributed by atoms with Crippen LogP contribution in [0.25, 0.3) is 10.4 Å². The third kappa shape index (κ3) is 1.46. The van der Waals surface area contributed by atoms with Gasteiger partial charge in [0.25, 0.3) is 0 Å². The van der Waals surface area contributed by atoms with Crippen LogP contribution in [0.2, 0.25) is 0 Å². The van der Waals surface area contributed by atoms with Crippen molar-refractivity contribution >= 4 is 5.91 Å². The molecule has 10 heavy (non-hydrogen) atoms. The van der Waals surface area contributed by atoms with E-state index in [-0.39, 0.29) is 0 Å². The molecule has 0 radical (unpaired) electrons. The third-order valence-electron chi connectivity index (χ3n) is 1.35. The van der Waals surface area contributed by atoms with Crippen LogP contribution in [0.1, 0.15) is 12.8 Å². The molecule has 0 saturated carbocycles. The lowest BCUT2D eigenvalue weighted by Gasteiger charge is -2.00. The van der Waals surface area contributed by atoms with Crippen LogP contribution in [-0.4, -0.2) is 18.6 Å². The highest BCUT2D eigenvalue weighted by Crippen LogP contribution is 2.12. The summed E-state index contributed by atoms with van der Waals surface area (Å²) >= 11 is 0. The second-order valence-corrected chi connectivity index (χ2v) is 2.03. The molecule has 0 aromatic rings. The Hall–Kier alpha value is -1.06. The number of amides is 1. The summed E-state index contributed by atoms with van der Waals surface area (Å²) in [4.78, 5) is 13.1. The van der Waals surface area contributed by atoms with Gasteiger partial charge in [-0.25, -0.2) is 0 Å². The fourth-order valence-electron chi connectivity index (χ4n) is 0.881. The van der Waals surface area contributed by atoms with Crippen molar-refractivity contribution in [3.8, 4) is 0 Å². The van der Waals surface area contributed by atoms with E-state index in [1.54, 1.807) is 0 Å². The minimum atomic E-state index is -0.500. The van der Waals surface area contributed by atoms with Gasteiger partial charge in [-0.1, -0.05) is 0 Å². The maximum atomic E-state index is 10.7. The Morgan fingerprint density at radius 3 is 3.10 bits per heavy atom. The van der Waals surface area contributed by atoms with Crippen molar-refractivity contribution in [2.24, 2.45) is 5.11 Å². The first-order valence-electron chi connectivity index (χ1n) is 3.05. The number of ether oxygens (including phenoxy) is 1. The largest absolute Gasteiger partial charge is 0.370 e. The van der Waals surface area contributed by atoms with Gasteiger partial charge in [0, 0.05) is 11.5 Å². The summed E-state index contributed by atoms with van der Waals surface area (Å²) in [6, 6.07) is 0. The molecule has 5 nitrogen and oxygen atoms in total. The Kier molecular flexibility index (Phi) is 2.25. The summed E-state index contributed by atoms with van der Waals surface area (Å²) in [6.45, 7) is 0.595. The Morgan fingerprint density at radius 2 is 2.60 bits per heavy atom. The molecule has 1 aliphatic heterocycles. The maximum absolute atomic E-state index is 10.7. The molecular weight excluding hydrogens is 134 g/mol. The van der Waals surface area contributed by atoms with E-state index in [4.69, 9.17) is 10.3 Å². The minimum Gasteiger partial charge on any atom is -0.370 e. The molecule has 0 bridgehead atoms. The van der Waals surface area contributed by atoms with Crippen molar-refractivity contribution in [3.05, 3.63) is 10.4 Å². The third-order valence-corrected chi connectivity index (χ3v) is 1.35. The van der Waals surface area contributed by atoms with E-state index in [0.717, 1.165) is 6.42 Å². The lowest BCUT2D eigenvalue weighted by molar-refractivity contribution is -0.126. The van der Waals surface area contributed by atoms with Gasteiger partial charge in [0.1, 0.15) is 6.10 Å². The molecule has 54 valence electrons. The molecule has 1 rings (SSSR count). The zero-order valence-corrected chi connectivity index (χ0v) is 5.36. The van der Waals surface area contributed by atoms with Gasteiger partial charge in [0.05, 0.1) is 0 Å². The lowest BCUT2D eigenvalue weighted by Crippen LogP contribution is -2.15. The summed E-state index contributed by atoms with van der Waals surface area (Å²) in [6.07, 6.45) is 1.07. The maximum Gasteiger partial charge on any atom is 0.247 e. The quantitative estimate of drug-likeness (QED) is 0.310. The molecule has 1 atom stereocenters. The number of azide groups is 1. The van der Waals surface area contributed by atoms with Gasteiger partial charge in [-0.3, -0.25) is 4.79 Å². The zero-order valence-electron chi connectivity index (χ0n) is 5.36. The van der Waals surface area contributed by atoms with Crippen LogP contribution in [0.15, 0.2) is 5.11 Å². The topological polar surface area (TPSA) is 75.1 Å². The normalized spacial score (nSPS) is 23.8. The number of carbonyl (C=O) groups excluding carboxylic acids is 1. The van der Waals surface area contributed by atoms with Gasteiger partial charge in [-0.15, -0.1) is 0 Å². The standard InChI is InChI=1S/C5H7N3O2/c6-8-7-5(9)4-2-1-3-10-4/h4H,1-3H2. The summed E-state index contributed by atoms with van der Waals surface area (Å²) in [7, 11) is 0. The number of nitrogens with zero attached hydrogens (tertiary/aromatic N) is 3. The highest BCUT2D eigenvalue weighted by Gasteiger charge is 2.21. The molecular formula is C5H7N3O2. The van der Waals surface area contributed by atoms with E-state index in [9.17, 15) is 4.79 Å². The van der Waals surface area contributed by atoms with Crippen molar-refractivity contribution in [2.75, 3.05) is 6.61 Å². The van der Waals surface area contributed by atoms with E-state index in [1.165, 1.54) is 0 Å². The second kappa shape index (κ2) is 3.20. The Morgan fingerprint density at radius 1 is 1.80 bits per heavy atom. The SMILES string of the molecule is [N-]=[N+]=NC(=O)C1CCCO1. The molecule has 0 aliphatic carbocycles. The fourth-order valence-corrected chi connectivity index (χ4v) is 0.881. The van der Waals surface area contributed by atoms with Crippen LogP contribution in [-0.2, 0) is 9.53 Å². The predicted molar refractivity (Wildman–Crippen MR) is 33.1 cm³/mol. The van der Waals surface area contributed by atoms with Crippen molar-refractivity contribution in [2.45, 2.75) is 18.9 Å². The van der Waals surface area contributed by atoms with E-state index >= 15 is 0 Å². The Labute approximate surface area is 57.6 Å². The molecule has 1 saturated heterocycles. The van der Waals surface area contributed by atoms with Gasteiger partial charge in [-0.2, -0.15) is 0 Å². The first kappa shape index (κ1) is 7.05. The van der Waals surface area contributed by atoms with Crippen LogP contribution in [0, 0.1) is 0 Å². The van der Waals surface area contributed by atoms with Crippen LogP contribution in [0.5, 0.6) is 0 Å². The number of hydrogen-bond donors (Lipinski definition) is 0. The van der Waals surface area contributed by atoms with Gasteiger partial charge >= 0.3 is 0 Å². The van der Waals surface area contributed by atoms with Crippen molar-refractivity contribution in [1.82, 2.24) is 0 Å².